The summed E-state index contributed by atoms with van der Waals surface area (Å²) in [5, 5.41) is 13.5. The largest absolute Gasteiger partial charge is 0.342 e. The lowest BCUT2D eigenvalue weighted by molar-refractivity contribution is 0.284. The number of fused-ring (bicyclic) bond motifs is 1. The lowest BCUT2D eigenvalue weighted by Gasteiger charge is -2.24. The highest BCUT2D eigenvalue weighted by molar-refractivity contribution is 5.88. The van der Waals surface area contributed by atoms with Gasteiger partial charge in [0.25, 0.3) is 0 Å². The van der Waals surface area contributed by atoms with Crippen molar-refractivity contribution < 1.29 is 4.84 Å². The Morgan fingerprint density at radius 2 is 2.26 bits per heavy atom. The summed E-state index contributed by atoms with van der Waals surface area (Å²) in [6, 6.07) is 0.311. The molecule has 0 radical (unpaired) electrons. The van der Waals surface area contributed by atoms with Gasteiger partial charge in [-0.3, -0.25) is 5.01 Å². The van der Waals surface area contributed by atoms with E-state index in [2.05, 4.69) is 52.4 Å². The second-order valence-electron chi connectivity index (χ2n) is 6.33. The van der Waals surface area contributed by atoms with Crippen LogP contribution >= 0.6 is 0 Å². The van der Waals surface area contributed by atoms with Crippen molar-refractivity contribution in [3.63, 3.8) is 0 Å². The van der Waals surface area contributed by atoms with Crippen LogP contribution in [0.25, 0.3) is 0 Å². The molecule has 0 saturated carbocycles. The van der Waals surface area contributed by atoms with Gasteiger partial charge in [0.05, 0.1) is 12.6 Å². The highest BCUT2D eigenvalue weighted by Crippen LogP contribution is 2.28. The van der Waals surface area contributed by atoms with Gasteiger partial charge in [0, 0.05) is 31.3 Å². The fourth-order valence-corrected chi connectivity index (χ4v) is 3.47. The molecule has 6 heteroatoms. The number of hydrazone groups is 1. The molecule has 0 aromatic rings. The number of hydrogen-bond acceptors (Lipinski definition) is 6. The molecule has 2 heterocycles. The molecule has 0 amide bonds. The number of hydrogen-bond donors (Lipinski definition) is 1. The first kappa shape index (κ1) is 15.9. The van der Waals surface area contributed by atoms with E-state index in [4.69, 9.17) is 4.84 Å². The molecule has 124 valence electrons. The Bertz CT molecular complexity index is 572. The van der Waals surface area contributed by atoms with Crippen molar-refractivity contribution in [3.05, 3.63) is 23.8 Å². The van der Waals surface area contributed by atoms with Crippen LogP contribution < -0.4 is 5.32 Å². The molecule has 1 aliphatic carbocycles. The third kappa shape index (κ3) is 3.52. The second kappa shape index (κ2) is 7.08. The molecular formula is C17H25N5O. The zero-order chi connectivity index (χ0) is 16.2. The molecule has 3 aliphatic rings. The topological polar surface area (TPSA) is 61.6 Å². The first-order valence-electron chi connectivity index (χ1n) is 8.24. The minimum atomic E-state index is 0.311. The van der Waals surface area contributed by atoms with E-state index >= 15 is 0 Å². The van der Waals surface area contributed by atoms with Crippen molar-refractivity contribution in [2.24, 2.45) is 27.1 Å². The first-order valence-corrected chi connectivity index (χ1v) is 8.24. The SMILES string of the molecule is C=NOC(=NCC1=CC2C(C=C1)C(C)=NN2C)C1CCNCC1. The molecule has 2 aliphatic heterocycles. The van der Waals surface area contributed by atoms with Crippen molar-refractivity contribution in [2.75, 3.05) is 26.7 Å². The van der Waals surface area contributed by atoms with Crippen molar-refractivity contribution in [1.82, 2.24) is 10.3 Å². The van der Waals surface area contributed by atoms with Crippen LogP contribution in [0, 0.1) is 11.8 Å². The van der Waals surface area contributed by atoms with E-state index in [1.807, 2.05) is 12.1 Å². The second-order valence-corrected chi connectivity index (χ2v) is 6.33. The van der Waals surface area contributed by atoms with E-state index in [1.165, 1.54) is 11.3 Å². The normalized spacial score (nSPS) is 28.3. The Morgan fingerprint density at radius 3 is 3.00 bits per heavy atom. The zero-order valence-electron chi connectivity index (χ0n) is 13.9. The Hall–Kier alpha value is -1.95. The number of nitrogens with zero attached hydrogens (tertiary/aromatic N) is 4. The molecule has 2 unspecified atom stereocenters. The average Bonchev–Trinajstić information content (AvgIpc) is 2.86. The molecule has 0 aromatic heterocycles. The summed E-state index contributed by atoms with van der Waals surface area (Å²) in [6.07, 6.45) is 8.71. The molecule has 1 N–H and O–H groups in total. The fourth-order valence-electron chi connectivity index (χ4n) is 3.47. The van der Waals surface area contributed by atoms with Gasteiger partial charge in [0.15, 0.2) is 0 Å². The third-order valence-corrected chi connectivity index (χ3v) is 4.76. The highest BCUT2D eigenvalue weighted by atomic mass is 16.6. The lowest BCUT2D eigenvalue weighted by atomic mass is 9.89. The van der Waals surface area contributed by atoms with Crippen LogP contribution in [-0.2, 0) is 4.84 Å². The molecule has 3 rings (SSSR count). The summed E-state index contributed by atoms with van der Waals surface area (Å²) in [6.45, 7) is 8.13. The molecule has 0 aromatic carbocycles. The fraction of sp³-hybridized carbons (Fsp3) is 0.588. The number of oxime groups is 1. The molecule has 2 atom stereocenters. The number of piperidine rings is 1. The minimum absolute atomic E-state index is 0.311. The Morgan fingerprint density at radius 1 is 1.48 bits per heavy atom. The van der Waals surface area contributed by atoms with Gasteiger partial charge in [-0.2, -0.15) is 5.10 Å². The zero-order valence-corrected chi connectivity index (χ0v) is 13.9. The van der Waals surface area contributed by atoms with Crippen LogP contribution in [0.4, 0.5) is 0 Å². The van der Waals surface area contributed by atoms with E-state index in [1.54, 1.807) is 0 Å². The average molecular weight is 315 g/mol. The number of rotatable bonds is 4. The molecule has 6 nitrogen and oxygen atoms in total. The summed E-state index contributed by atoms with van der Waals surface area (Å²) in [5.74, 6) is 1.44. The maximum absolute atomic E-state index is 5.35. The monoisotopic (exact) mass is 315 g/mol. The molecular weight excluding hydrogens is 290 g/mol. The summed E-state index contributed by atoms with van der Waals surface area (Å²) in [4.78, 5) is 10.0. The van der Waals surface area contributed by atoms with Gasteiger partial charge in [-0.25, -0.2) is 4.99 Å². The van der Waals surface area contributed by atoms with Gasteiger partial charge in [-0.05, 0) is 38.4 Å². The van der Waals surface area contributed by atoms with Crippen molar-refractivity contribution in [3.8, 4) is 0 Å². The molecule has 23 heavy (non-hydrogen) atoms. The van der Waals surface area contributed by atoms with Gasteiger partial charge < -0.3 is 10.2 Å². The first-order chi connectivity index (χ1) is 11.2. The van der Waals surface area contributed by atoms with Crippen LogP contribution in [0.1, 0.15) is 19.8 Å². The summed E-state index contributed by atoms with van der Waals surface area (Å²) >= 11 is 0. The molecule has 0 bridgehead atoms. The third-order valence-electron chi connectivity index (χ3n) is 4.76. The van der Waals surface area contributed by atoms with Crippen LogP contribution in [-0.4, -0.2) is 56.1 Å². The maximum atomic E-state index is 5.35. The number of aliphatic imine (C=N–C) groups is 1. The van der Waals surface area contributed by atoms with Crippen LogP contribution in [0.5, 0.6) is 0 Å². The maximum Gasteiger partial charge on any atom is 0.223 e. The van der Waals surface area contributed by atoms with Gasteiger partial charge >= 0.3 is 0 Å². The van der Waals surface area contributed by atoms with Crippen molar-refractivity contribution >= 4 is 18.3 Å². The van der Waals surface area contributed by atoms with Gasteiger partial charge in [-0.15, -0.1) is 0 Å². The number of likely N-dealkylation sites (N-methyl/N-ethyl adjacent to an activating group) is 1. The smallest absolute Gasteiger partial charge is 0.223 e. The highest BCUT2D eigenvalue weighted by Gasteiger charge is 2.31. The molecule has 0 spiro atoms. The van der Waals surface area contributed by atoms with Crippen LogP contribution in [0.3, 0.4) is 0 Å². The van der Waals surface area contributed by atoms with E-state index in [-0.39, 0.29) is 0 Å². The summed E-state index contributed by atoms with van der Waals surface area (Å²) in [5.41, 5.74) is 2.37. The van der Waals surface area contributed by atoms with Crippen molar-refractivity contribution in [2.45, 2.75) is 25.8 Å². The summed E-state index contributed by atoms with van der Waals surface area (Å²) < 4.78 is 0. The molecule has 1 saturated heterocycles. The van der Waals surface area contributed by atoms with E-state index in [0.717, 1.165) is 25.9 Å². The van der Waals surface area contributed by atoms with Crippen molar-refractivity contribution in [1.29, 1.82) is 0 Å². The van der Waals surface area contributed by atoms with E-state index in [9.17, 15) is 0 Å². The van der Waals surface area contributed by atoms with Gasteiger partial charge in [0.1, 0.15) is 0 Å². The molecule has 1 fully saturated rings. The Labute approximate surface area is 137 Å². The predicted molar refractivity (Wildman–Crippen MR) is 93.9 cm³/mol. The Kier molecular flexibility index (Phi) is 4.91. The van der Waals surface area contributed by atoms with Gasteiger partial charge in [-0.1, -0.05) is 23.4 Å². The summed E-state index contributed by atoms with van der Waals surface area (Å²) in [7, 11) is 2.02. The minimum Gasteiger partial charge on any atom is -0.342 e. The number of nitrogens with one attached hydrogen (secondary N) is 1. The standard InChI is InChI=1S/C17H25N5O/c1-12-15-5-4-13(10-16(15)22(3)21-12)11-20-17(23-18-2)14-6-8-19-9-7-14/h4-5,10,14-16,19H,2,6-9,11H2,1,3H3. The quantitative estimate of drug-likeness (QED) is 0.489. The van der Waals surface area contributed by atoms with Crippen LogP contribution in [0.15, 0.2) is 39.1 Å². The van der Waals surface area contributed by atoms with Crippen LogP contribution in [0.2, 0.25) is 0 Å². The van der Waals surface area contributed by atoms with E-state index < -0.39 is 0 Å². The Balaban J connectivity index is 1.68. The predicted octanol–water partition coefficient (Wildman–Crippen LogP) is 1.82. The van der Waals surface area contributed by atoms with E-state index in [0.29, 0.717) is 30.3 Å². The lowest BCUT2D eigenvalue weighted by Crippen LogP contribution is -2.32. The van der Waals surface area contributed by atoms with Gasteiger partial charge in [0.2, 0.25) is 5.90 Å².